The lowest BCUT2D eigenvalue weighted by Gasteiger charge is -1.97. The van der Waals surface area contributed by atoms with E-state index >= 15 is 0 Å². The van der Waals surface area contributed by atoms with Crippen molar-refractivity contribution in [2.45, 2.75) is 18.8 Å². The van der Waals surface area contributed by atoms with E-state index in [2.05, 4.69) is 17.1 Å². The monoisotopic (exact) mass is 203 g/mol. The molecule has 1 aromatic rings. The van der Waals surface area contributed by atoms with Crippen LogP contribution in [0.3, 0.4) is 0 Å². The van der Waals surface area contributed by atoms with E-state index in [-0.39, 0.29) is 12.4 Å². The van der Waals surface area contributed by atoms with Crippen molar-refractivity contribution < 1.29 is 9.63 Å². The summed E-state index contributed by atoms with van der Waals surface area (Å²) in [7, 11) is 0. The van der Waals surface area contributed by atoms with E-state index in [1.807, 2.05) is 0 Å². The molecular formula is C7H13N3O2S. The van der Waals surface area contributed by atoms with Crippen LogP contribution in [0.2, 0.25) is 0 Å². The van der Waals surface area contributed by atoms with Crippen molar-refractivity contribution in [3.63, 3.8) is 0 Å². The largest absolute Gasteiger partial charge is 0.382 e. The second-order valence-corrected chi connectivity index (χ2v) is 3.71. The molecule has 1 atom stereocenters. The summed E-state index contributed by atoms with van der Waals surface area (Å²) >= 11 is 1.70. The first-order valence-electron chi connectivity index (χ1n) is 4.06. The maximum absolute atomic E-state index is 9.24. The SMILES string of the molecule is CCSCc1noc(C(O)CN)n1. The summed E-state index contributed by atoms with van der Waals surface area (Å²) in [6.07, 6.45) is -0.840. The molecule has 6 heteroatoms. The molecule has 1 rings (SSSR count). The van der Waals surface area contributed by atoms with Gasteiger partial charge in [-0.2, -0.15) is 16.7 Å². The zero-order chi connectivity index (χ0) is 9.68. The predicted molar refractivity (Wildman–Crippen MR) is 50.1 cm³/mol. The van der Waals surface area contributed by atoms with E-state index in [4.69, 9.17) is 10.3 Å². The number of thioether (sulfide) groups is 1. The highest BCUT2D eigenvalue weighted by atomic mass is 32.2. The van der Waals surface area contributed by atoms with Crippen molar-refractivity contribution in [2.75, 3.05) is 12.3 Å². The van der Waals surface area contributed by atoms with Crippen LogP contribution < -0.4 is 5.73 Å². The van der Waals surface area contributed by atoms with Gasteiger partial charge in [-0.15, -0.1) is 0 Å². The molecule has 1 heterocycles. The Morgan fingerprint density at radius 2 is 2.46 bits per heavy atom. The smallest absolute Gasteiger partial charge is 0.256 e. The van der Waals surface area contributed by atoms with Gasteiger partial charge in [-0.05, 0) is 5.75 Å². The lowest BCUT2D eigenvalue weighted by atomic mass is 10.4. The van der Waals surface area contributed by atoms with Crippen molar-refractivity contribution in [1.82, 2.24) is 10.1 Å². The van der Waals surface area contributed by atoms with Gasteiger partial charge in [-0.25, -0.2) is 0 Å². The van der Waals surface area contributed by atoms with E-state index in [1.165, 1.54) is 0 Å². The number of hydrogen-bond donors (Lipinski definition) is 2. The molecule has 5 nitrogen and oxygen atoms in total. The van der Waals surface area contributed by atoms with Crippen LogP contribution in [0.4, 0.5) is 0 Å². The van der Waals surface area contributed by atoms with Crippen LogP contribution in [-0.2, 0) is 5.75 Å². The number of aliphatic hydroxyl groups excluding tert-OH is 1. The molecule has 3 N–H and O–H groups in total. The van der Waals surface area contributed by atoms with Crippen molar-refractivity contribution in [3.8, 4) is 0 Å². The van der Waals surface area contributed by atoms with Crippen molar-refractivity contribution in [3.05, 3.63) is 11.7 Å². The van der Waals surface area contributed by atoms with Gasteiger partial charge in [0.25, 0.3) is 5.89 Å². The Morgan fingerprint density at radius 1 is 1.69 bits per heavy atom. The van der Waals surface area contributed by atoms with Crippen molar-refractivity contribution in [2.24, 2.45) is 5.73 Å². The highest BCUT2D eigenvalue weighted by Crippen LogP contribution is 2.12. The molecule has 0 amide bonds. The Morgan fingerprint density at radius 3 is 3.08 bits per heavy atom. The molecule has 0 radical (unpaired) electrons. The summed E-state index contributed by atoms with van der Waals surface area (Å²) in [6, 6.07) is 0. The van der Waals surface area contributed by atoms with E-state index in [0.717, 1.165) is 5.75 Å². The molecule has 1 aromatic heterocycles. The number of nitrogens with zero attached hydrogens (tertiary/aromatic N) is 2. The van der Waals surface area contributed by atoms with Crippen LogP contribution in [0.15, 0.2) is 4.52 Å². The fraction of sp³-hybridized carbons (Fsp3) is 0.714. The number of hydrogen-bond acceptors (Lipinski definition) is 6. The quantitative estimate of drug-likeness (QED) is 0.716. The molecule has 74 valence electrons. The molecule has 0 saturated carbocycles. The maximum atomic E-state index is 9.24. The minimum Gasteiger partial charge on any atom is -0.382 e. The molecule has 0 aromatic carbocycles. The fourth-order valence-electron chi connectivity index (χ4n) is 0.756. The van der Waals surface area contributed by atoms with Crippen molar-refractivity contribution >= 4 is 11.8 Å². The molecule has 0 aliphatic rings. The number of aliphatic hydroxyl groups is 1. The second-order valence-electron chi connectivity index (χ2n) is 2.44. The summed E-state index contributed by atoms with van der Waals surface area (Å²) in [5.74, 6) is 2.52. The van der Waals surface area contributed by atoms with Gasteiger partial charge in [0.05, 0.1) is 5.75 Å². The number of nitrogens with two attached hydrogens (primary N) is 1. The zero-order valence-electron chi connectivity index (χ0n) is 7.43. The molecular weight excluding hydrogens is 190 g/mol. The summed E-state index contributed by atoms with van der Waals surface area (Å²) in [6.45, 7) is 2.16. The van der Waals surface area contributed by atoms with Gasteiger partial charge in [0.1, 0.15) is 6.10 Å². The Bertz CT molecular complexity index is 254. The van der Waals surface area contributed by atoms with Crippen LogP contribution in [0, 0.1) is 0 Å². The first-order valence-corrected chi connectivity index (χ1v) is 5.21. The standard InChI is InChI=1S/C7H13N3O2S/c1-2-13-4-6-9-7(12-10-6)5(11)3-8/h5,11H,2-4,8H2,1H3. The van der Waals surface area contributed by atoms with Crippen LogP contribution >= 0.6 is 11.8 Å². The van der Waals surface area contributed by atoms with Gasteiger partial charge in [-0.3, -0.25) is 0 Å². The van der Waals surface area contributed by atoms with Crippen LogP contribution in [-0.4, -0.2) is 27.5 Å². The average molecular weight is 203 g/mol. The van der Waals surface area contributed by atoms with Gasteiger partial charge < -0.3 is 15.4 Å². The third-order valence-electron chi connectivity index (χ3n) is 1.43. The van der Waals surface area contributed by atoms with Crippen LogP contribution in [0.1, 0.15) is 24.7 Å². The highest BCUT2D eigenvalue weighted by molar-refractivity contribution is 7.98. The van der Waals surface area contributed by atoms with Gasteiger partial charge in [-0.1, -0.05) is 12.1 Å². The number of rotatable bonds is 5. The van der Waals surface area contributed by atoms with Crippen LogP contribution in [0.5, 0.6) is 0 Å². The Hall–Kier alpha value is -0.590. The molecule has 0 bridgehead atoms. The summed E-state index contributed by atoms with van der Waals surface area (Å²) < 4.78 is 4.81. The lowest BCUT2D eigenvalue weighted by Crippen LogP contribution is -2.11. The zero-order valence-corrected chi connectivity index (χ0v) is 8.25. The first kappa shape index (κ1) is 10.5. The van der Waals surface area contributed by atoms with Crippen molar-refractivity contribution in [1.29, 1.82) is 0 Å². The number of aromatic nitrogens is 2. The summed E-state index contributed by atoms with van der Waals surface area (Å²) in [5.41, 5.74) is 5.23. The van der Waals surface area contributed by atoms with E-state index in [1.54, 1.807) is 11.8 Å². The van der Waals surface area contributed by atoms with Gasteiger partial charge in [0, 0.05) is 6.54 Å². The third kappa shape index (κ3) is 2.98. The Kier molecular flexibility index (Phi) is 4.20. The van der Waals surface area contributed by atoms with Gasteiger partial charge in [0.2, 0.25) is 0 Å². The highest BCUT2D eigenvalue weighted by Gasteiger charge is 2.13. The molecule has 0 aliphatic carbocycles. The summed E-state index contributed by atoms with van der Waals surface area (Å²) in [4.78, 5) is 3.99. The first-order chi connectivity index (χ1) is 6.27. The molecule has 13 heavy (non-hydrogen) atoms. The topological polar surface area (TPSA) is 85.2 Å². The molecule has 0 aliphatic heterocycles. The Labute approximate surface area is 80.7 Å². The lowest BCUT2D eigenvalue weighted by molar-refractivity contribution is 0.141. The minimum absolute atomic E-state index is 0.0998. The van der Waals surface area contributed by atoms with E-state index in [9.17, 15) is 5.11 Å². The van der Waals surface area contributed by atoms with Gasteiger partial charge >= 0.3 is 0 Å². The predicted octanol–water partition coefficient (Wildman–Crippen LogP) is 0.315. The molecule has 1 unspecified atom stereocenters. The third-order valence-corrected chi connectivity index (χ3v) is 2.30. The molecule has 0 saturated heterocycles. The normalized spacial score (nSPS) is 13.2. The maximum Gasteiger partial charge on any atom is 0.256 e. The van der Waals surface area contributed by atoms with Gasteiger partial charge in [0.15, 0.2) is 5.82 Å². The van der Waals surface area contributed by atoms with E-state index in [0.29, 0.717) is 11.6 Å². The fourth-order valence-corrected chi connectivity index (χ4v) is 1.26. The van der Waals surface area contributed by atoms with Crippen LogP contribution in [0.25, 0.3) is 0 Å². The molecule has 0 spiro atoms. The Balaban J connectivity index is 2.53. The van der Waals surface area contributed by atoms with E-state index < -0.39 is 6.10 Å². The minimum atomic E-state index is -0.840. The summed E-state index contributed by atoms with van der Waals surface area (Å²) in [5, 5.41) is 12.9. The second kappa shape index (κ2) is 5.21. The average Bonchev–Trinajstić information content (AvgIpc) is 2.62. The molecule has 0 fully saturated rings.